The summed E-state index contributed by atoms with van der Waals surface area (Å²) in [4.78, 5) is 16.5. The first kappa shape index (κ1) is 14.2. The number of hydrogen-bond acceptors (Lipinski definition) is 4. The smallest absolute Gasteiger partial charge is 0.172 e. The predicted molar refractivity (Wildman–Crippen MR) is 78.5 cm³/mol. The van der Waals surface area contributed by atoms with Crippen LogP contribution in [0.2, 0.25) is 0 Å². The molecule has 0 amide bonds. The lowest BCUT2D eigenvalue weighted by Crippen LogP contribution is -2.15. The molecule has 0 fully saturated rings. The third-order valence-corrected chi connectivity index (χ3v) is 3.06. The van der Waals surface area contributed by atoms with Gasteiger partial charge in [0.15, 0.2) is 5.78 Å². The summed E-state index contributed by atoms with van der Waals surface area (Å²) in [5.74, 6) is 1.11. The van der Waals surface area contributed by atoms with Gasteiger partial charge in [-0.3, -0.25) is 4.79 Å². The van der Waals surface area contributed by atoms with Crippen molar-refractivity contribution in [1.29, 1.82) is 0 Å². The van der Waals surface area contributed by atoms with Crippen LogP contribution in [-0.4, -0.2) is 20.5 Å². The fraction of sp³-hybridized carbons (Fsp3) is 0.400. The molecule has 0 bridgehead atoms. The van der Waals surface area contributed by atoms with Crippen LogP contribution in [0.5, 0.6) is 0 Å². The summed E-state index contributed by atoms with van der Waals surface area (Å²) in [6.45, 7) is 6.90. The molecule has 0 spiro atoms. The Bertz CT molecular complexity index is 616. The lowest BCUT2D eigenvalue weighted by Gasteiger charge is -2.09. The Hall–Kier alpha value is -2.17. The minimum Gasteiger partial charge on any atom is -0.398 e. The van der Waals surface area contributed by atoms with Gasteiger partial charge in [-0.2, -0.15) is 5.10 Å². The molecular weight excluding hydrogens is 252 g/mol. The number of aromatic nitrogens is 3. The molecule has 2 rings (SSSR count). The SMILES string of the molecule is Cc1ccc(N)c(C(=O)Cc2ncnn2CC(C)C)c1. The number of nitrogens with zero attached hydrogens (tertiary/aromatic N) is 3. The highest BCUT2D eigenvalue weighted by Crippen LogP contribution is 2.16. The van der Waals surface area contributed by atoms with Gasteiger partial charge in [-0.1, -0.05) is 25.5 Å². The minimum atomic E-state index is -0.0239. The Morgan fingerprint density at radius 2 is 2.15 bits per heavy atom. The van der Waals surface area contributed by atoms with Crippen LogP contribution < -0.4 is 5.73 Å². The van der Waals surface area contributed by atoms with Crippen LogP contribution in [-0.2, 0) is 13.0 Å². The Morgan fingerprint density at radius 1 is 1.40 bits per heavy atom. The maximum Gasteiger partial charge on any atom is 0.172 e. The topological polar surface area (TPSA) is 73.8 Å². The normalized spacial score (nSPS) is 11.0. The zero-order valence-corrected chi connectivity index (χ0v) is 12.1. The van der Waals surface area contributed by atoms with Gasteiger partial charge in [0, 0.05) is 17.8 Å². The molecule has 0 atom stereocenters. The number of hydrogen-bond donors (Lipinski definition) is 1. The van der Waals surface area contributed by atoms with E-state index in [2.05, 4.69) is 23.9 Å². The molecule has 20 heavy (non-hydrogen) atoms. The number of carbonyl (C=O) groups is 1. The highest BCUT2D eigenvalue weighted by molar-refractivity contribution is 6.01. The van der Waals surface area contributed by atoms with Crippen molar-refractivity contribution in [3.05, 3.63) is 41.5 Å². The monoisotopic (exact) mass is 272 g/mol. The zero-order chi connectivity index (χ0) is 14.7. The van der Waals surface area contributed by atoms with E-state index in [1.165, 1.54) is 6.33 Å². The van der Waals surface area contributed by atoms with Crippen LogP contribution in [0, 0.1) is 12.8 Å². The van der Waals surface area contributed by atoms with E-state index in [0.29, 0.717) is 23.0 Å². The van der Waals surface area contributed by atoms with Crippen molar-refractivity contribution in [2.75, 3.05) is 5.73 Å². The van der Waals surface area contributed by atoms with E-state index < -0.39 is 0 Å². The summed E-state index contributed by atoms with van der Waals surface area (Å²) in [5.41, 5.74) is 7.96. The van der Waals surface area contributed by atoms with E-state index in [9.17, 15) is 4.79 Å². The van der Waals surface area contributed by atoms with Gasteiger partial charge in [0.25, 0.3) is 0 Å². The van der Waals surface area contributed by atoms with E-state index in [4.69, 9.17) is 5.73 Å². The van der Waals surface area contributed by atoms with Gasteiger partial charge in [0.2, 0.25) is 0 Å². The van der Waals surface area contributed by atoms with E-state index in [-0.39, 0.29) is 12.2 Å². The summed E-state index contributed by atoms with van der Waals surface area (Å²) in [7, 11) is 0. The first-order valence-electron chi connectivity index (χ1n) is 6.73. The van der Waals surface area contributed by atoms with E-state index in [1.54, 1.807) is 10.7 Å². The fourth-order valence-electron chi connectivity index (χ4n) is 2.07. The van der Waals surface area contributed by atoms with Gasteiger partial charge in [0.05, 0.1) is 6.42 Å². The van der Waals surface area contributed by atoms with Crippen LogP contribution in [0.25, 0.3) is 0 Å². The maximum absolute atomic E-state index is 12.4. The number of benzene rings is 1. The van der Waals surface area contributed by atoms with Crippen LogP contribution in [0.1, 0.15) is 35.6 Å². The lowest BCUT2D eigenvalue weighted by atomic mass is 10.0. The van der Waals surface area contributed by atoms with E-state index in [1.807, 2.05) is 19.1 Å². The Kier molecular flexibility index (Phi) is 4.17. The molecule has 0 aliphatic carbocycles. The van der Waals surface area contributed by atoms with Crippen molar-refractivity contribution in [2.24, 2.45) is 5.92 Å². The van der Waals surface area contributed by atoms with Crippen LogP contribution >= 0.6 is 0 Å². The molecule has 0 aliphatic heterocycles. The van der Waals surface area contributed by atoms with Gasteiger partial charge < -0.3 is 5.73 Å². The molecular formula is C15H20N4O. The molecule has 0 aliphatic rings. The lowest BCUT2D eigenvalue weighted by molar-refractivity contribution is 0.0989. The highest BCUT2D eigenvalue weighted by atomic mass is 16.1. The molecule has 1 aromatic carbocycles. The number of Topliss-reactive ketones (excluding diaryl/α,β-unsaturated/α-hetero) is 1. The standard InChI is InChI=1S/C15H20N4O/c1-10(2)8-19-15(17-9-18-19)7-14(20)12-6-11(3)4-5-13(12)16/h4-6,9-10H,7-8,16H2,1-3H3. The van der Waals surface area contributed by atoms with Crippen molar-refractivity contribution in [3.63, 3.8) is 0 Å². The molecule has 2 N–H and O–H groups in total. The molecule has 0 saturated heterocycles. The van der Waals surface area contributed by atoms with Gasteiger partial charge in [0.1, 0.15) is 12.2 Å². The summed E-state index contributed by atoms with van der Waals surface area (Å²) >= 11 is 0. The number of anilines is 1. The van der Waals surface area contributed by atoms with Gasteiger partial charge >= 0.3 is 0 Å². The van der Waals surface area contributed by atoms with Crippen LogP contribution in [0.15, 0.2) is 24.5 Å². The molecule has 1 aromatic heterocycles. The van der Waals surface area contributed by atoms with Gasteiger partial charge in [-0.25, -0.2) is 9.67 Å². The molecule has 0 saturated carbocycles. The molecule has 0 radical (unpaired) electrons. The zero-order valence-electron chi connectivity index (χ0n) is 12.1. The third kappa shape index (κ3) is 3.23. The first-order chi connectivity index (χ1) is 9.47. The predicted octanol–water partition coefficient (Wildman–Crippen LogP) is 2.25. The number of ketones is 1. The first-order valence-corrected chi connectivity index (χ1v) is 6.73. The van der Waals surface area contributed by atoms with Crippen molar-refractivity contribution in [2.45, 2.75) is 33.7 Å². The molecule has 2 aromatic rings. The Morgan fingerprint density at radius 3 is 2.85 bits per heavy atom. The highest BCUT2D eigenvalue weighted by Gasteiger charge is 2.15. The molecule has 5 heteroatoms. The Labute approximate surface area is 118 Å². The summed E-state index contributed by atoms with van der Waals surface area (Å²) in [6, 6.07) is 5.48. The molecule has 1 heterocycles. The fourth-order valence-corrected chi connectivity index (χ4v) is 2.07. The average molecular weight is 272 g/mol. The van der Waals surface area contributed by atoms with Crippen molar-refractivity contribution in [3.8, 4) is 0 Å². The van der Waals surface area contributed by atoms with Crippen molar-refractivity contribution in [1.82, 2.24) is 14.8 Å². The second-order valence-corrected chi connectivity index (χ2v) is 5.44. The molecule has 0 unspecified atom stereocenters. The van der Waals surface area contributed by atoms with E-state index >= 15 is 0 Å². The quantitative estimate of drug-likeness (QED) is 0.669. The van der Waals surface area contributed by atoms with Gasteiger partial charge in [-0.05, 0) is 25.0 Å². The molecule has 5 nitrogen and oxygen atoms in total. The third-order valence-electron chi connectivity index (χ3n) is 3.06. The minimum absolute atomic E-state index is 0.0239. The second kappa shape index (κ2) is 5.86. The van der Waals surface area contributed by atoms with Crippen LogP contribution in [0.3, 0.4) is 0 Å². The Balaban J connectivity index is 2.20. The van der Waals surface area contributed by atoms with E-state index in [0.717, 1.165) is 12.1 Å². The summed E-state index contributed by atoms with van der Waals surface area (Å²) in [5, 5.41) is 4.17. The number of carbonyl (C=O) groups excluding carboxylic acids is 1. The second-order valence-electron chi connectivity index (χ2n) is 5.44. The average Bonchev–Trinajstić information content (AvgIpc) is 2.78. The number of nitrogen functional groups attached to an aromatic ring is 1. The van der Waals surface area contributed by atoms with Crippen molar-refractivity contribution >= 4 is 11.5 Å². The summed E-state index contributed by atoms with van der Waals surface area (Å²) < 4.78 is 1.79. The maximum atomic E-state index is 12.4. The number of rotatable bonds is 5. The van der Waals surface area contributed by atoms with Gasteiger partial charge in [-0.15, -0.1) is 0 Å². The molecule has 106 valence electrons. The largest absolute Gasteiger partial charge is 0.398 e. The number of aryl methyl sites for hydroxylation is 1. The summed E-state index contributed by atoms with van der Waals surface area (Å²) in [6.07, 6.45) is 1.71. The van der Waals surface area contributed by atoms with Crippen molar-refractivity contribution < 1.29 is 4.79 Å². The van der Waals surface area contributed by atoms with Crippen LogP contribution in [0.4, 0.5) is 5.69 Å². The number of nitrogens with two attached hydrogens (primary N) is 1.